The number of aliphatic carboxylic acids is 1. The number of imide groups is 1. The van der Waals surface area contributed by atoms with Crippen LogP contribution in [0.1, 0.15) is 64.3 Å². The van der Waals surface area contributed by atoms with Gasteiger partial charge < -0.3 is 15.7 Å². The summed E-state index contributed by atoms with van der Waals surface area (Å²) in [5.74, 6) is -3.58. The van der Waals surface area contributed by atoms with Gasteiger partial charge in [-0.15, -0.1) is 0 Å². The Labute approximate surface area is 259 Å². The summed E-state index contributed by atoms with van der Waals surface area (Å²) >= 11 is 0.729. The van der Waals surface area contributed by atoms with Gasteiger partial charge in [0.15, 0.2) is 5.12 Å². The molecule has 3 N–H and O–H groups in total. The van der Waals surface area contributed by atoms with E-state index in [9.17, 15) is 33.9 Å². The maximum atomic E-state index is 13.7. The van der Waals surface area contributed by atoms with Gasteiger partial charge in [0.25, 0.3) is 11.8 Å². The van der Waals surface area contributed by atoms with E-state index in [4.69, 9.17) is 0 Å². The molecular weight excluding hydrogens is 582 g/mol. The number of anilines is 1. The molecule has 1 unspecified atom stereocenters. The number of hydrogen-bond acceptors (Lipinski definition) is 7. The number of nitrogens with one attached hydrogen (secondary N) is 2. The number of thioether (sulfide) groups is 1. The van der Waals surface area contributed by atoms with Gasteiger partial charge in [0, 0.05) is 13.3 Å². The van der Waals surface area contributed by atoms with Crippen LogP contribution in [0.3, 0.4) is 0 Å². The molecule has 1 aliphatic rings. The summed E-state index contributed by atoms with van der Waals surface area (Å²) in [7, 11) is 0. The van der Waals surface area contributed by atoms with E-state index in [1.54, 1.807) is 72.8 Å². The standard InChI is InChI=1S/C33H33N3O7S/c1-19(2)16-26(29(38)35-27(33(42)43)17-21-10-5-4-6-11-21)34-30(39)28(44-20(3)37)22-12-9-13-23(18-22)36-31(40)24-14-7-8-15-25(24)32(36)41/h4-15,18-19,26-28H,16-17H2,1-3H3,(H,34,39)(H,35,38)(H,42,43)/t26-,27-,28?/m0/s1. The molecule has 4 rings (SSSR count). The van der Waals surface area contributed by atoms with Gasteiger partial charge in [-0.25, -0.2) is 9.69 Å². The third-order valence-corrected chi connectivity index (χ3v) is 8.04. The number of fused-ring (bicyclic) bond motifs is 1. The fourth-order valence-corrected chi connectivity index (χ4v) is 5.75. The Morgan fingerprint density at radius 1 is 0.795 bits per heavy atom. The second-order valence-corrected chi connectivity index (χ2v) is 12.1. The van der Waals surface area contributed by atoms with Crippen LogP contribution in [0.5, 0.6) is 0 Å². The minimum absolute atomic E-state index is 0.0421. The van der Waals surface area contributed by atoms with Crippen LogP contribution in [0.4, 0.5) is 5.69 Å². The lowest BCUT2D eigenvalue weighted by atomic mass is 10.0. The number of carbonyl (C=O) groups is 6. The third-order valence-electron chi connectivity index (χ3n) is 6.98. The number of rotatable bonds is 12. The molecule has 10 nitrogen and oxygen atoms in total. The highest BCUT2D eigenvalue weighted by molar-refractivity contribution is 8.14. The monoisotopic (exact) mass is 615 g/mol. The lowest BCUT2D eigenvalue weighted by Gasteiger charge is -2.25. The van der Waals surface area contributed by atoms with Crippen LogP contribution in [-0.2, 0) is 25.6 Å². The van der Waals surface area contributed by atoms with Crippen molar-refractivity contribution in [2.24, 2.45) is 5.92 Å². The van der Waals surface area contributed by atoms with Crippen LogP contribution in [0.2, 0.25) is 0 Å². The highest BCUT2D eigenvalue weighted by atomic mass is 32.2. The number of carbonyl (C=O) groups excluding carboxylic acids is 5. The lowest BCUT2D eigenvalue weighted by molar-refractivity contribution is -0.142. The molecule has 3 atom stereocenters. The molecule has 0 fully saturated rings. The quantitative estimate of drug-likeness (QED) is 0.257. The maximum Gasteiger partial charge on any atom is 0.326 e. The van der Waals surface area contributed by atoms with Crippen molar-refractivity contribution in [3.8, 4) is 0 Å². The molecule has 0 spiro atoms. The zero-order chi connectivity index (χ0) is 32.0. The number of hydrogen-bond donors (Lipinski definition) is 3. The first-order valence-corrected chi connectivity index (χ1v) is 15.0. The van der Waals surface area contributed by atoms with Crippen molar-refractivity contribution >= 4 is 52.2 Å². The summed E-state index contributed by atoms with van der Waals surface area (Å²) in [6, 6.07) is 19.2. The summed E-state index contributed by atoms with van der Waals surface area (Å²) in [6.07, 6.45) is 0.263. The second kappa shape index (κ2) is 14.1. The molecule has 0 bridgehead atoms. The van der Waals surface area contributed by atoms with Crippen LogP contribution in [0, 0.1) is 5.92 Å². The topological polar surface area (TPSA) is 150 Å². The molecule has 3 aromatic carbocycles. The Balaban J connectivity index is 1.57. The van der Waals surface area contributed by atoms with Gasteiger partial charge >= 0.3 is 5.97 Å². The number of nitrogens with zero attached hydrogens (tertiary/aromatic N) is 1. The molecule has 1 aliphatic heterocycles. The number of carboxylic acids is 1. The summed E-state index contributed by atoms with van der Waals surface area (Å²) < 4.78 is 0. The van der Waals surface area contributed by atoms with E-state index in [1.165, 1.54) is 13.0 Å². The van der Waals surface area contributed by atoms with Gasteiger partial charge in [-0.1, -0.05) is 80.2 Å². The van der Waals surface area contributed by atoms with E-state index in [0.29, 0.717) is 5.56 Å². The largest absolute Gasteiger partial charge is 0.480 e. The molecule has 0 saturated carbocycles. The average molecular weight is 616 g/mol. The van der Waals surface area contributed by atoms with Crippen LogP contribution < -0.4 is 15.5 Å². The predicted octanol–water partition coefficient (Wildman–Crippen LogP) is 4.15. The number of carboxylic acid groups (broad SMARTS) is 1. The Hall–Kier alpha value is -4.77. The zero-order valence-electron chi connectivity index (χ0n) is 24.5. The van der Waals surface area contributed by atoms with Crippen molar-refractivity contribution in [3.05, 3.63) is 101 Å². The lowest BCUT2D eigenvalue weighted by Crippen LogP contribution is -2.53. The van der Waals surface area contributed by atoms with Crippen molar-refractivity contribution in [1.29, 1.82) is 0 Å². The Morgan fingerprint density at radius 2 is 1.39 bits per heavy atom. The van der Waals surface area contributed by atoms with Crippen molar-refractivity contribution in [2.45, 2.75) is 50.9 Å². The summed E-state index contributed by atoms with van der Waals surface area (Å²) in [4.78, 5) is 78.4. The predicted molar refractivity (Wildman–Crippen MR) is 166 cm³/mol. The molecule has 228 valence electrons. The first-order chi connectivity index (χ1) is 21.0. The van der Waals surface area contributed by atoms with E-state index in [-0.39, 0.29) is 40.7 Å². The smallest absolute Gasteiger partial charge is 0.326 e. The van der Waals surface area contributed by atoms with E-state index in [2.05, 4.69) is 10.6 Å². The second-order valence-electron chi connectivity index (χ2n) is 10.9. The molecule has 11 heteroatoms. The highest BCUT2D eigenvalue weighted by Crippen LogP contribution is 2.34. The van der Waals surface area contributed by atoms with Gasteiger partial charge in [-0.3, -0.25) is 24.0 Å². The van der Waals surface area contributed by atoms with Crippen molar-refractivity contribution in [3.63, 3.8) is 0 Å². The van der Waals surface area contributed by atoms with Crippen molar-refractivity contribution in [2.75, 3.05) is 4.90 Å². The van der Waals surface area contributed by atoms with Gasteiger partial charge in [0.2, 0.25) is 11.8 Å². The highest BCUT2D eigenvalue weighted by Gasteiger charge is 2.37. The fourth-order valence-electron chi connectivity index (χ4n) is 4.96. The molecule has 0 saturated heterocycles. The summed E-state index contributed by atoms with van der Waals surface area (Å²) in [5.41, 5.74) is 1.83. The summed E-state index contributed by atoms with van der Waals surface area (Å²) in [6.45, 7) is 5.02. The van der Waals surface area contributed by atoms with E-state index in [1.807, 2.05) is 13.8 Å². The van der Waals surface area contributed by atoms with E-state index in [0.717, 1.165) is 22.2 Å². The van der Waals surface area contributed by atoms with Gasteiger partial charge in [0.1, 0.15) is 17.3 Å². The molecule has 4 amide bonds. The van der Waals surface area contributed by atoms with Crippen LogP contribution in [0.15, 0.2) is 78.9 Å². The molecule has 3 aromatic rings. The van der Waals surface area contributed by atoms with Crippen LogP contribution in [-0.4, -0.2) is 51.9 Å². The molecule has 0 aromatic heterocycles. The molecule has 0 radical (unpaired) electrons. The Morgan fingerprint density at radius 3 is 1.95 bits per heavy atom. The minimum Gasteiger partial charge on any atom is -0.480 e. The fraction of sp³-hybridized carbons (Fsp3) is 0.273. The minimum atomic E-state index is -1.23. The number of benzene rings is 3. The normalized spacial score (nSPS) is 14.5. The Kier molecular flexibility index (Phi) is 10.3. The average Bonchev–Trinajstić information content (AvgIpc) is 3.24. The van der Waals surface area contributed by atoms with Crippen molar-refractivity contribution in [1.82, 2.24) is 10.6 Å². The zero-order valence-corrected chi connectivity index (χ0v) is 25.3. The van der Waals surface area contributed by atoms with Gasteiger partial charge in [0.05, 0.1) is 16.8 Å². The molecular formula is C33H33N3O7S. The van der Waals surface area contributed by atoms with Gasteiger partial charge in [-0.2, -0.15) is 0 Å². The van der Waals surface area contributed by atoms with Crippen LogP contribution in [0.25, 0.3) is 0 Å². The molecule has 44 heavy (non-hydrogen) atoms. The molecule has 1 heterocycles. The van der Waals surface area contributed by atoms with Crippen molar-refractivity contribution < 1.29 is 33.9 Å². The van der Waals surface area contributed by atoms with E-state index < -0.39 is 46.9 Å². The Bertz CT molecular complexity index is 1560. The van der Waals surface area contributed by atoms with E-state index >= 15 is 0 Å². The SMILES string of the molecule is CC(=O)SC(C(=O)N[C@@H](CC(C)C)C(=O)N[C@@H](Cc1ccccc1)C(=O)O)c1cccc(N2C(=O)c3ccccc3C2=O)c1. The maximum absolute atomic E-state index is 13.7. The summed E-state index contributed by atoms with van der Waals surface area (Å²) in [5, 5.41) is 13.6. The van der Waals surface area contributed by atoms with Crippen LogP contribution >= 0.6 is 11.8 Å². The first kappa shape index (κ1) is 32.2. The molecule has 0 aliphatic carbocycles. The van der Waals surface area contributed by atoms with Gasteiger partial charge in [-0.05, 0) is 47.7 Å². The first-order valence-electron chi connectivity index (χ1n) is 14.1. The number of amides is 4. The third kappa shape index (κ3) is 7.59.